The van der Waals surface area contributed by atoms with Crippen molar-refractivity contribution in [1.29, 1.82) is 0 Å². The van der Waals surface area contributed by atoms with Gasteiger partial charge in [-0.2, -0.15) is 0 Å². The number of aliphatic imine (C=N–C) groups is 1. The minimum absolute atomic E-state index is 0.500. The molecule has 0 saturated carbocycles. The fourth-order valence-electron chi connectivity index (χ4n) is 1.21. The summed E-state index contributed by atoms with van der Waals surface area (Å²) in [7, 11) is 0. The predicted octanol–water partition coefficient (Wildman–Crippen LogP) is 2.75. The van der Waals surface area contributed by atoms with Gasteiger partial charge in [-0.3, -0.25) is 4.99 Å². The van der Waals surface area contributed by atoms with Gasteiger partial charge >= 0.3 is 0 Å². The Morgan fingerprint density at radius 3 is 2.81 bits per heavy atom. The zero-order valence-corrected chi connectivity index (χ0v) is 8.76. The second-order valence-electron chi connectivity index (χ2n) is 3.19. The highest BCUT2D eigenvalue weighted by atomic mass is 16.3. The number of rotatable bonds is 2. The summed E-state index contributed by atoms with van der Waals surface area (Å²) in [5.74, 6) is 5.90. The SMILES string of the molecule is C(#Cc1ccoc1)C/N=C/c1ccccc1. The van der Waals surface area contributed by atoms with E-state index in [9.17, 15) is 0 Å². The smallest absolute Gasteiger partial charge is 0.106 e. The molecule has 0 aliphatic carbocycles. The molecule has 0 fully saturated rings. The predicted molar refractivity (Wildman–Crippen MR) is 64.5 cm³/mol. The first-order valence-corrected chi connectivity index (χ1v) is 5.01. The maximum atomic E-state index is 4.90. The first-order valence-electron chi connectivity index (χ1n) is 5.01. The van der Waals surface area contributed by atoms with Gasteiger partial charge in [-0.25, -0.2) is 0 Å². The van der Waals surface area contributed by atoms with E-state index in [-0.39, 0.29) is 0 Å². The maximum Gasteiger partial charge on any atom is 0.106 e. The zero-order chi connectivity index (χ0) is 11.1. The first kappa shape index (κ1) is 10.3. The standard InChI is InChI=1S/C14H11NO/c1-2-5-13(6-3-1)11-15-9-4-7-14-8-10-16-12-14/h1-3,5-6,8,10-12H,9H2/b15-11+. The van der Waals surface area contributed by atoms with Crippen molar-refractivity contribution >= 4 is 6.21 Å². The molecule has 0 unspecified atom stereocenters. The van der Waals surface area contributed by atoms with Crippen LogP contribution in [0.2, 0.25) is 0 Å². The fraction of sp³-hybridized carbons (Fsp3) is 0.0714. The van der Waals surface area contributed by atoms with Gasteiger partial charge in [-0.15, -0.1) is 0 Å². The Balaban J connectivity index is 1.87. The number of hydrogen-bond donors (Lipinski definition) is 0. The summed E-state index contributed by atoms with van der Waals surface area (Å²) in [5.41, 5.74) is 1.97. The van der Waals surface area contributed by atoms with Gasteiger partial charge in [0.15, 0.2) is 0 Å². The van der Waals surface area contributed by atoms with Crippen LogP contribution >= 0.6 is 0 Å². The molecular weight excluding hydrogens is 198 g/mol. The largest absolute Gasteiger partial charge is 0.471 e. The van der Waals surface area contributed by atoms with Gasteiger partial charge in [0.25, 0.3) is 0 Å². The van der Waals surface area contributed by atoms with Crippen LogP contribution < -0.4 is 0 Å². The van der Waals surface area contributed by atoms with Gasteiger partial charge in [-0.05, 0) is 11.6 Å². The van der Waals surface area contributed by atoms with Crippen LogP contribution in [0.15, 0.2) is 58.3 Å². The molecule has 0 spiro atoms. The maximum absolute atomic E-state index is 4.90. The number of hydrogen-bond acceptors (Lipinski definition) is 2. The second-order valence-corrected chi connectivity index (χ2v) is 3.19. The number of nitrogens with zero attached hydrogens (tertiary/aromatic N) is 1. The molecular formula is C14H11NO. The lowest BCUT2D eigenvalue weighted by molar-refractivity contribution is 0.566. The summed E-state index contributed by atoms with van der Waals surface area (Å²) in [6.45, 7) is 0.500. The lowest BCUT2D eigenvalue weighted by atomic mass is 10.2. The van der Waals surface area contributed by atoms with Gasteiger partial charge in [-0.1, -0.05) is 42.2 Å². The molecule has 0 aliphatic rings. The molecule has 1 aromatic heterocycles. The molecule has 0 atom stereocenters. The highest BCUT2D eigenvalue weighted by Crippen LogP contribution is 1.96. The number of benzene rings is 1. The third-order valence-electron chi connectivity index (χ3n) is 1.96. The van der Waals surface area contributed by atoms with Crippen molar-refractivity contribution in [2.75, 3.05) is 6.54 Å². The Hall–Kier alpha value is -2.27. The third kappa shape index (κ3) is 3.14. The van der Waals surface area contributed by atoms with Crippen LogP contribution in [0.1, 0.15) is 11.1 Å². The molecule has 0 amide bonds. The van der Waals surface area contributed by atoms with Gasteiger partial charge in [0, 0.05) is 6.21 Å². The van der Waals surface area contributed by atoms with E-state index in [0.29, 0.717) is 6.54 Å². The Morgan fingerprint density at radius 1 is 1.19 bits per heavy atom. The van der Waals surface area contributed by atoms with Crippen molar-refractivity contribution in [1.82, 2.24) is 0 Å². The molecule has 78 valence electrons. The van der Waals surface area contributed by atoms with Crippen LogP contribution in [0.3, 0.4) is 0 Å². The van der Waals surface area contributed by atoms with Gasteiger partial charge in [0.1, 0.15) is 12.8 Å². The summed E-state index contributed by atoms with van der Waals surface area (Å²) < 4.78 is 4.90. The van der Waals surface area contributed by atoms with Crippen LogP contribution in [-0.4, -0.2) is 12.8 Å². The zero-order valence-electron chi connectivity index (χ0n) is 8.76. The Labute approximate surface area is 94.6 Å². The summed E-state index contributed by atoms with van der Waals surface area (Å²) in [6.07, 6.45) is 5.05. The van der Waals surface area contributed by atoms with E-state index < -0.39 is 0 Å². The molecule has 0 N–H and O–H groups in total. The van der Waals surface area contributed by atoms with Gasteiger partial charge < -0.3 is 4.42 Å². The van der Waals surface area contributed by atoms with Crippen LogP contribution in [0.25, 0.3) is 0 Å². The molecule has 1 aromatic carbocycles. The molecule has 1 heterocycles. The van der Waals surface area contributed by atoms with E-state index in [1.165, 1.54) is 0 Å². The Kier molecular flexibility index (Phi) is 3.57. The van der Waals surface area contributed by atoms with E-state index in [1.807, 2.05) is 42.6 Å². The summed E-state index contributed by atoms with van der Waals surface area (Å²) >= 11 is 0. The van der Waals surface area contributed by atoms with E-state index >= 15 is 0 Å². The Morgan fingerprint density at radius 2 is 2.06 bits per heavy atom. The van der Waals surface area contributed by atoms with Crippen molar-refractivity contribution in [3.8, 4) is 11.8 Å². The third-order valence-corrected chi connectivity index (χ3v) is 1.96. The molecule has 2 aromatic rings. The molecule has 2 rings (SSSR count). The van der Waals surface area contributed by atoms with Crippen LogP contribution in [0, 0.1) is 11.8 Å². The van der Waals surface area contributed by atoms with Crippen molar-refractivity contribution in [2.45, 2.75) is 0 Å². The summed E-state index contributed by atoms with van der Waals surface area (Å²) in [6, 6.07) is 11.8. The number of furan rings is 1. The molecule has 0 radical (unpaired) electrons. The quantitative estimate of drug-likeness (QED) is 0.551. The normalized spacial score (nSPS) is 10.0. The highest BCUT2D eigenvalue weighted by molar-refractivity contribution is 5.79. The topological polar surface area (TPSA) is 25.5 Å². The van der Waals surface area contributed by atoms with Crippen LogP contribution in [-0.2, 0) is 0 Å². The second kappa shape index (κ2) is 5.57. The summed E-state index contributed by atoms with van der Waals surface area (Å²) in [5, 5.41) is 0. The highest BCUT2D eigenvalue weighted by Gasteiger charge is 1.84. The monoisotopic (exact) mass is 209 g/mol. The van der Waals surface area contributed by atoms with Crippen molar-refractivity contribution in [2.24, 2.45) is 4.99 Å². The molecule has 2 nitrogen and oxygen atoms in total. The van der Waals surface area contributed by atoms with Gasteiger partial charge in [0.2, 0.25) is 0 Å². The summed E-state index contributed by atoms with van der Waals surface area (Å²) in [4.78, 5) is 4.21. The minimum atomic E-state index is 0.500. The van der Waals surface area contributed by atoms with Crippen LogP contribution in [0.4, 0.5) is 0 Å². The van der Waals surface area contributed by atoms with Crippen molar-refractivity contribution < 1.29 is 4.42 Å². The Bertz CT molecular complexity index is 501. The molecule has 2 heteroatoms. The minimum Gasteiger partial charge on any atom is -0.471 e. The van der Waals surface area contributed by atoms with Crippen LogP contribution in [0.5, 0.6) is 0 Å². The fourth-order valence-corrected chi connectivity index (χ4v) is 1.21. The van der Waals surface area contributed by atoms with E-state index in [0.717, 1.165) is 11.1 Å². The average Bonchev–Trinajstić information content (AvgIpc) is 2.83. The lowest BCUT2D eigenvalue weighted by Crippen LogP contribution is -1.81. The van der Waals surface area contributed by atoms with E-state index in [1.54, 1.807) is 12.5 Å². The molecule has 0 aliphatic heterocycles. The molecule has 0 saturated heterocycles. The molecule has 16 heavy (non-hydrogen) atoms. The van der Waals surface area contributed by atoms with E-state index in [4.69, 9.17) is 4.42 Å². The van der Waals surface area contributed by atoms with E-state index in [2.05, 4.69) is 16.8 Å². The molecule has 0 bridgehead atoms. The first-order chi connectivity index (χ1) is 7.95. The van der Waals surface area contributed by atoms with Crippen molar-refractivity contribution in [3.05, 3.63) is 60.1 Å². The van der Waals surface area contributed by atoms with Crippen molar-refractivity contribution in [3.63, 3.8) is 0 Å². The average molecular weight is 209 g/mol. The van der Waals surface area contributed by atoms with Gasteiger partial charge in [0.05, 0.1) is 11.8 Å². The lowest BCUT2D eigenvalue weighted by Gasteiger charge is -1.88.